The van der Waals surface area contributed by atoms with Crippen molar-refractivity contribution in [3.8, 4) is 5.88 Å². The van der Waals surface area contributed by atoms with E-state index in [1.54, 1.807) is 13.2 Å². The van der Waals surface area contributed by atoms with E-state index in [0.29, 0.717) is 18.2 Å². The van der Waals surface area contributed by atoms with Gasteiger partial charge in [0.05, 0.1) is 7.11 Å². The van der Waals surface area contributed by atoms with Gasteiger partial charge in [0.2, 0.25) is 5.88 Å². The number of carboxylic acids is 1. The highest BCUT2D eigenvalue weighted by Crippen LogP contribution is 2.47. The van der Waals surface area contributed by atoms with Gasteiger partial charge >= 0.3 is 5.97 Å². The molecule has 5 nitrogen and oxygen atoms in total. The molecule has 1 saturated carbocycles. The largest absolute Gasteiger partial charge is 0.481 e. The van der Waals surface area contributed by atoms with Gasteiger partial charge in [-0.1, -0.05) is 48.5 Å². The Morgan fingerprint density at radius 3 is 2.50 bits per heavy atom. The van der Waals surface area contributed by atoms with Gasteiger partial charge in [-0.3, -0.25) is 4.79 Å². The van der Waals surface area contributed by atoms with E-state index in [9.17, 15) is 9.59 Å². The van der Waals surface area contributed by atoms with Gasteiger partial charge in [0, 0.05) is 35.2 Å². The van der Waals surface area contributed by atoms with Gasteiger partial charge in [-0.15, -0.1) is 0 Å². The summed E-state index contributed by atoms with van der Waals surface area (Å²) < 4.78 is 5.36. The number of hydrogen-bond acceptors (Lipinski definition) is 5. The number of nitrogens with zero attached hydrogens (tertiary/aromatic N) is 1. The fraction of sp³-hybridized carbons (Fsp3) is 0.233. The van der Waals surface area contributed by atoms with Crippen LogP contribution in [0, 0.1) is 12.8 Å². The van der Waals surface area contributed by atoms with Crippen LogP contribution in [0.1, 0.15) is 52.6 Å². The van der Waals surface area contributed by atoms with Gasteiger partial charge in [0.1, 0.15) is 0 Å². The van der Waals surface area contributed by atoms with Crippen LogP contribution in [0.2, 0.25) is 0 Å². The number of carbonyl (C=O) groups excluding carboxylic acids is 1. The zero-order chi connectivity index (χ0) is 25.2. The molecule has 2 aliphatic rings. The third kappa shape index (κ3) is 4.86. The number of hydrogen-bond donors (Lipinski definition) is 1. The van der Waals surface area contributed by atoms with Gasteiger partial charge in [-0.05, 0) is 82.9 Å². The molecule has 1 aliphatic heterocycles. The number of rotatable bonds is 7. The van der Waals surface area contributed by atoms with E-state index >= 15 is 0 Å². The monoisotopic (exact) mass is 497 g/mol. The summed E-state index contributed by atoms with van der Waals surface area (Å²) >= 11 is 1.32. The second kappa shape index (κ2) is 10.2. The Balaban J connectivity index is 1.72. The molecule has 5 rings (SSSR count). The van der Waals surface area contributed by atoms with Gasteiger partial charge in [-0.25, -0.2) is 9.78 Å². The second-order valence-electron chi connectivity index (χ2n) is 9.23. The maximum atomic E-state index is 12.1. The smallest absolute Gasteiger partial charge is 0.328 e. The van der Waals surface area contributed by atoms with E-state index < -0.39 is 5.97 Å². The van der Waals surface area contributed by atoms with Crippen molar-refractivity contribution in [3.63, 3.8) is 0 Å². The topological polar surface area (TPSA) is 76.5 Å². The third-order valence-electron chi connectivity index (χ3n) is 6.89. The van der Waals surface area contributed by atoms with Crippen molar-refractivity contribution in [2.24, 2.45) is 5.92 Å². The SMILES string of the molecule is COc1cc(C)c(/C(=C(\c2ccc(/C=C/C(=O)O)cc2)c2ccc3c(c2)CC(=O)S3)C2CCC2)cn1. The molecule has 3 aromatic rings. The van der Waals surface area contributed by atoms with E-state index in [4.69, 9.17) is 9.84 Å². The molecule has 36 heavy (non-hydrogen) atoms. The Kier molecular flexibility index (Phi) is 6.79. The number of thioether (sulfide) groups is 1. The summed E-state index contributed by atoms with van der Waals surface area (Å²) in [4.78, 5) is 28.6. The highest BCUT2D eigenvalue weighted by atomic mass is 32.2. The fourth-order valence-corrected chi connectivity index (χ4v) is 5.74. The molecule has 0 bridgehead atoms. The van der Waals surface area contributed by atoms with Crippen LogP contribution >= 0.6 is 11.8 Å². The third-order valence-corrected chi connectivity index (χ3v) is 7.88. The number of benzene rings is 2. The predicted octanol–water partition coefficient (Wildman–Crippen LogP) is 6.43. The number of aromatic nitrogens is 1. The first-order valence-corrected chi connectivity index (χ1v) is 12.8. The minimum absolute atomic E-state index is 0.177. The molecule has 0 atom stereocenters. The molecule has 2 heterocycles. The highest BCUT2D eigenvalue weighted by Gasteiger charge is 2.29. The maximum absolute atomic E-state index is 12.1. The zero-order valence-corrected chi connectivity index (χ0v) is 21.1. The number of fused-ring (bicyclic) bond motifs is 1. The van der Waals surface area contributed by atoms with Crippen molar-refractivity contribution < 1.29 is 19.4 Å². The van der Waals surface area contributed by atoms with Crippen LogP contribution in [0.25, 0.3) is 17.2 Å². The molecule has 0 amide bonds. The molecule has 0 unspecified atom stereocenters. The molecule has 0 spiro atoms. The first kappa shape index (κ1) is 24.1. The standard InChI is InChI=1S/C30H27NO4S/c1-18-14-26(35-2)31-17-24(18)30(20-4-3-5-20)29(21-9-6-19(7-10-21)8-13-27(32)33)22-11-12-25-23(15-22)16-28(34)36-25/h6-15,17,20H,3-5,16H2,1-2H3,(H,32,33)/b13-8+,30-29+. The van der Waals surface area contributed by atoms with Gasteiger partial charge in [0.15, 0.2) is 5.12 Å². The molecule has 6 heteroatoms. The number of ether oxygens (including phenoxy) is 1. The molecule has 2 aromatic carbocycles. The van der Waals surface area contributed by atoms with E-state index in [1.807, 2.05) is 24.4 Å². The molecule has 0 radical (unpaired) electrons. The fourth-order valence-electron chi connectivity index (χ4n) is 4.87. The van der Waals surface area contributed by atoms with Crippen molar-refractivity contribution >= 4 is 40.1 Å². The summed E-state index contributed by atoms with van der Waals surface area (Å²) in [5.41, 5.74) is 8.63. The number of allylic oxidation sites excluding steroid dienone is 1. The average Bonchev–Trinajstić information content (AvgIpc) is 3.21. The summed E-state index contributed by atoms with van der Waals surface area (Å²) in [5.74, 6) is 0.0260. The van der Waals surface area contributed by atoms with Gasteiger partial charge in [-0.2, -0.15) is 0 Å². The lowest BCUT2D eigenvalue weighted by Gasteiger charge is -2.32. The normalized spacial score (nSPS) is 16.0. The second-order valence-corrected chi connectivity index (χ2v) is 10.3. The van der Waals surface area contributed by atoms with Crippen molar-refractivity contribution in [1.82, 2.24) is 4.98 Å². The summed E-state index contributed by atoms with van der Waals surface area (Å²) in [7, 11) is 1.62. The summed E-state index contributed by atoms with van der Waals surface area (Å²) in [6.07, 6.45) is 8.52. The van der Waals surface area contributed by atoms with Gasteiger partial charge in [0.25, 0.3) is 0 Å². The van der Waals surface area contributed by atoms with Gasteiger partial charge < -0.3 is 9.84 Å². The number of carboxylic acid groups (broad SMARTS) is 1. The lowest BCUT2D eigenvalue weighted by molar-refractivity contribution is -0.131. The summed E-state index contributed by atoms with van der Waals surface area (Å²) in [6, 6.07) is 16.3. The lowest BCUT2D eigenvalue weighted by Crippen LogP contribution is -2.16. The molecular weight excluding hydrogens is 470 g/mol. The summed E-state index contributed by atoms with van der Waals surface area (Å²) in [5, 5.41) is 9.16. The summed E-state index contributed by atoms with van der Waals surface area (Å²) in [6.45, 7) is 2.09. The Hall–Kier alpha value is -3.64. The molecule has 1 N–H and O–H groups in total. The zero-order valence-electron chi connectivity index (χ0n) is 20.3. The van der Waals surface area contributed by atoms with E-state index in [1.165, 1.54) is 23.8 Å². The van der Waals surface area contributed by atoms with E-state index in [2.05, 4.69) is 42.2 Å². The number of methoxy groups -OCH3 is 1. The Morgan fingerprint density at radius 2 is 1.86 bits per heavy atom. The van der Waals surface area contributed by atoms with Crippen molar-refractivity contribution in [1.29, 1.82) is 0 Å². The number of aliphatic carboxylic acids is 1. The van der Waals surface area contributed by atoms with Crippen LogP contribution in [0.3, 0.4) is 0 Å². The number of carbonyl (C=O) groups is 2. The predicted molar refractivity (Wildman–Crippen MR) is 143 cm³/mol. The van der Waals surface area contributed by atoms with Crippen LogP contribution in [-0.4, -0.2) is 28.3 Å². The number of aryl methyl sites for hydroxylation is 1. The van der Waals surface area contributed by atoms with Crippen LogP contribution in [0.4, 0.5) is 0 Å². The van der Waals surface area contributed by atoms with E-state index in [0.717, 1.165) is 62.8 Å². The van der Waals surface area contributed by atoms with Crippen molar-refractivity contribution in [2.75, 3.05) is 7.11 Å². The maximum Gasteiger partial charge on any atom is 0.328 e. The van der Waals surface area contributed by atoms with Crippen LogP contribution in [0.15, 0.2) is 65.7 Å². The Labute approximate surface area is 214 Å². The molecule has 1 aromatic heterocycles. The first-order chi connectivity index (χ1) is 17.4. The van der Waals surface area contributed by atoms with Crippen LogP contribution < -0.4 is 4.74 Å². The number of pyridine rings is 1. The quantitative estimate of drug-likeness (QED) is 0.379. The van der Waals surface area contributed by atoms with Crippen LogP contribution in [0.5, 0.6) is 5.88 Å². The van der Waals surface area contributed by atoms with E-state index in [-0.39, 0.29) is 5.12 Å². The minimum atomic E-state index is -0.972. The lowest BCUT2D eigenvalue weighted by atomic mass is 9.72. The van der Waals surface area contributed by atoms with Crippen molar-refractivity contribution in [2.45, 2.75) is 37.5 Å². The van der Waals surface area contributed by atoms with Crippen molar-refractivity contribution in [3.05, 3.63) is 94.2 Å². The first-order valence-electron chi connectivity index (χ1n) is 12.0. The minimum Gasteiger partial charge on any atom is -0.481 e. The Bertz CT molecular complexity index is 1400. The molecule has 182 valence electrons. The molecule has 1 aliphatic carbocycles. The molecular formula is C30H27NO4S. The highest BCUT2D eigenvalue weighted by molar-refractivity contribution is 8.14. The Morgan fingerprint density at radius 1 is 1.11 bits per heavy atom. The average molecular weight is 498 g/mol. The molecule has 0 saturated heterocycles. The molecule has 1 fully saturated rings. The van der Waals surface area contributed by atoms with Crippen LogP contribution in [-0.2, 0) is 16.0 Å².